The molecular weight excluding hydrogens is 369 g/mol. The van der Waals surface area contributed by atoms with E-state index in [9.17, 15) is 12.8 Å². The van der Waals surface area contributed by atoms with Gasteiger partial charge in [0.25, 0.3) is 0 Å². The number of hydrogen-bond acceptors (Lipinski definition) is 6. The van der Waals surface area contributed by atoms with Gasteiger partial charge in [0.2, 0.25) is 0 Å². The number of benzene rings is 2. The maximum absolute atomic E-state index is 13.6. The first-order valence-corrected chi connectivity index (χ1v) is 10.4. The molecule has 8 heteroatoms. The van der Waals surface area contributed by atoms with Gasteiger partial charge in [-0.3, -0.25) is 0 Å². The Kier molecular flexibility index (Phi) is 4.43. The lowest BCUT2D eigenvalue weighted by molar-refractivity contribution is 0.315. The number of aromatic nitrogens is 2. The standard InChI is InChI=1S/C19H18FN3O3S/c1-27(24,25)13-5-7-16-15(10-13)19(22-11-21-16)23-17-3-2-8-26-18-9-12(20)4-6-14(17)18/h4-7,9-11,17H,2-3,8H2,1H3,(H,21,22,23)/t17-/m0/s1. The number of sulfone groups is 1. The van der Waals surface area contributed by atoms with Crippen molar-refractivity contribution in [2.24, 2.45) is 0 Å². The van der Waals surface area contributed by atoms with Crippen LogP contribution < -0.4 is 10.1 Å². The Morgan fingerprint density at radius 1 is 1.19 bits per heavy atom. The lowest BCUT2D eigenvalue weighted by atomic mass is 10.0. The summed E-state index contributed by atoms with van der Waals surface area (Å²) in [5.41, 5.74) is 1.49. The van der Waals surface area contributed by atoms with Crippen LogP contribution in [0.4, 0.5) is 10.2 Å². The Labute approximate surface area is 156 Å². The summed E-state index contributed by atoms with van der Waals surface area (Å²) in [7, 11) is -3.35. The van der Waals surface area contributed by atoms with Crippen LogP contribution in [-0.4, -0.2) is 31.2 Å². The fourth-order valence-electron chi connectivity index (χ4n) is 3.24. The van der Waals surface area contributed by atoms with E-state index in [1.165, 1.54) is 30.8 Å². The predicted molar refractivity (Wildman–Crippen MR) is 100 cm³/mol. The summed E-state index contributed by atoms with van der Waals surface area (Å²) in [6.07, 6.45) is 4.17. The molecule has 6 nitrogen and oxygen atoms in total. The molecule has 2 heterocycles. The number of nitrogens with one attached hydrogen (secondary N) is 1. The summed E-state index contributed by atoms with van der Waals surface area (Å²) in [6.45, 7) is 0.511. The average Bonchev–Trinajstić information content (AvgIpc) is 2.82. The molecule has 1 aromatic heterocycles. The van der Waals surface area contributed by atoms with Gasteiger partial charge in [0.1, 0.15) is 23.7 Å². The summed E-state index contributed by atoms with van der Waals surface area (Å²) in [5.74, 6) is 0.701. The van der Waals surface area contributed by atoms with Crippen LogP contribution in [-0.2, 0) is 9.84 Å². The average molecular weight is 387 g/mol. The number of nitrogens with zero attached hydrogens (tertiary/aromatic N) is 2. The number of ether oxygens (including phenoxy) is 1. The first kappa shape index (κ1) is 17.7. The Morgan fingerprint density at radius 3 is 2.85 bits per heavy atom. The van der Waals surface area contributed by atoms with E-state index in [0.29, 0.717) is 29.1 Å². The van der Waals surface area contributed by atoms with Crippen molar-refractivity contribution in [2.45, 2.75) is 23.8 Å². The van der Waals surface area contributed by atoms with Crippen LogP contribution in [0.15, 0.2) is 47.6 Å². The van der Waals surface area contributed by atoms with Gasteiger partial charge in [0.05, 0.1) is 23.1 Å². The number of halogens is 1. The quantitative estimate of drug-likeness (QED) is 0.741. The molecule has 0 amide bonds. The fraction of sp³-hybridized carbons (Fsp3) is 0.263. The highest BCUT2D eigenvalue weighted by atomic mass is 32.2. The van der Waals surface area contributed by atoms with E-state index < -0.39 is 9.84 Å². The van der Waals surface area contributed by atoms with Gasteiger partial charge in [-0.15, -0.1) is 0 Å². The van der Waals surface area contributed by atoms with Crippen LogP contribution in [0.2, 0.25) is 0 Å². The maximum atomic E-state index is 13.6. The van der Waals surface area contributed by atoms with Crippen molar-refractivity contribution in [3.63, 3.8) is 0 Å². The molecule has 0 saturated carbocycles. The first-order chi connectivity index (χ1) is 12.9. The van der Waals surface area contributed by atoms with Gasteiger partial charge in [0.15, 0.2) is 9.84 Å². The molecule has 1 aliphatic heterocycles. The van der Waals surface area contributed by atoms with Crippen molar-refractivity contribution in [3.05, 3.63) is 54.1 Å². The topological polar surface area (TPSA) is 81.2 Å². The van der Waals surface area contributed by atoms with E-state index in [2.05, 4.69) is 15.3 Å². The molecule has 0 unspecified atom stereocenters. The van der Waals surface area contributed by atoms with Crippen molar-refractivity contribution >= 4 is 26.6 Å². The van der Waals surface area contributed by atoms with Crippen LogP contribution in [0, 0.1) is 5.82 Å². The molecule has 0 aliphatic carbocycles. The Bertz CT molecular complexity index is 1120. The molecule has 1 aliphatic rings. The van der Waals surface area contributed by atoms with Gasteiger partial charge < -0.3 is 10.1 Å². The Hall–Kier alpha value is -2.74. The highest BCUT2D eigenvalue weighted by molar-refractivity contribution is 7.90. The molecule has 0 bridgehead atoms. The summed E-state index contributed by atoms with van der Waals surface area (Å²) >= 11 is 0. The van der Waals surface area contributed by atoms with Gasteiger partial charge in [-0.1, -0.05) is 6.07 Å². The highest BCUT2D eigenvalue weighted by Gasteiger charge is 2.22. The van der Waals surface area contributed by atoms with Gasteiger partial charge in [-0.05, 0) is 37.1 Å². The predicted octanol–water partition coefficient (Wildman–Crippen LogP) is 3.50. The second-order valence-corrected chi connectivity index (χ2v) is 8.56. The van der Waals surface area contributed by atoms with Gasteiger partial charge in [-0.2, -0.15) is 0 Å². The summed E-state index contributed by atoms with van der Waals surface area (Å²) in [4.78, 5) is 8.73. The van der Waals surface area contributed by atoms with Crippen LogP contribution in [0.25, 0.3) is 10.9 Å². The van der Waals surface area contributed by atoms with Crippen LogP contribution >= 0.6 is 0 Å². The SMILES string of the molecule is CS(=O)(=O)c1ccc2ncnc(N[C@H]3CCCOc4cc(F)ccc43)c2c1. The molecule has 140 valence electrons. The minimum Gasteiger partial charge on any atom is -0.493 e. The Balaban J connectivity index is 1.78. The van der Waals surface area contributed by atoms with E-state index in [1.807, 2.05) is 0 Å². The van der Waals surface area contributed by atoms with E-state index in [4.69, 9.17) is 4.74 Å². The molecule has 1 N–H and O–H groups in total. The fourth-order valence-corrected chi connectivity index (χ4v) is 3.89. The molecular formula is C19H18FN3O3S. The van der Waals surface area contributed by atoms with Crippen molar-refractivity contribution < 1.29 is 17.5 Å². The van der Waals surface area contributed by atoms with E-state index in [1.54, 1.807) is 18.2 Å². The minimum absolute atomic E-state index is 0.136. The second-order valence-electron chi connectivity index (χ2n) is 6.54. The molecule has 4 rings (SSSR count). The van der Waals surface area contributed by atoms with Crippen molar-refractivity contribution in [2.75, 3.05) is 18.2 Å². The first-order valence-electron chi connectivity index (χ1n) is 8.55. The van der Waals surface area contributed by atoms with E-state index in [0.717, 1.165) is 18.4 Å². The van der Waals surface area contributed by atoms with Crippen molar-refractivity contribution in [1.82, 2.24) is 9.97 Å². The maximum Gasteiger partial charge on any atom is 0.175 e. The largest absolute Gasteiger partial charge is 0.493 e. The third kappa shape index (κ3) is 3.57. The Morgan fingerprint density at radius 2 is 2.04 bits per heavy atom. The van der Waals surface area contributed by atoms with Crippen LogP contribution in [0.1, 0.15) is 24.4 Å². The molecule has 0 spiro atoms. The van der Waals surface area contributed by atoms with Crippen LogP contribution in [0.5, 0.6) is 5.75 Å². The normalized spacial score (nSPS) is 17.0. The highest BCUT2D eigenvalue weighted by Crippen LogP contribution is 2.35. The molecule has 27 heavy (non-hydrogen) atoms. The van der Waals surface area contributed by atoms with Crippen LogP contribution in [0.3, 0.4) is 0 Å². The van der Waals surface area contributed by atoms with Gasteiger partial charge in [-0.25, -0.2) is 22.8 Å². The number of rotatable bonds is 3. The lowest BCUT2D eigenvalue weighted by Gasteiger charge is -2.20. The summed E-state index contributed by atoms with van der Waals surface area (Å²) in [6, 6.07) is 9.13. The zero-order chi connectivity index (χ0) is 19.0. The zero-order valence-corrected chi connectivity index (χ0v) is 15.5. The number of hydrogen-bond donors (Lipinski definition) is 1. The molecule has 0 radical (unpaired) electrons. The van der Waals surface area contributed by atoms with Gasteiger partial charge in [0, 0.05) is 23.3 Å². The minimum atomic E-state index is -3.35. The third-order valence-corrected chi connectivity index (χ3v) is 5.70. The smallest absolute Gasteiger partial charge is 0.175 e. The third-order valence-electron chi connectivity index (χ3n) is 4.59. The van der Waals surface area contributed by atoms with Crippen molar-refractivity contribution in [3.8, 4) is 5.75 Å². The molecule has 3 aromatic rings. The number of anilines is 1. The molecule has 0 saturated heterocycles. The molecule has 1 atom stereocenters. The van der Waals surface area contributed by atoms with E-state index >= 15 is 0 Å². The zero-order valence-electron chi connectivity index (χ0n) is 14.6. The lowest BCUT2D eigenvalue weighted by Crippen LogP contribution is -2.12. The van der Waals surface area contributed by atoms with Crippen molar-refractivity contribution in [1.29, 1.82) is 0 Å². The molecule has 2 aromatic carbocycles. The van der Waals surface area contributed by atoms with Gasteiger partial charge >= 0.3 is 0 Å². The summed E-state index contributed by atoms with van der Waals surface area (Å²) in [5, 5.41) is 3.99. The molecule has 0 fully saturated rings. The second kappa shape index (κ2) is 6.77. The number of fused-ring (bicyclic) bond motifs is 2. The summed E-state index contributed by atoms with van der Waals surface area (Å²) < 4.78 is 43.0. The van der Waals surface area contributed by atoms with E-state index in [-0.39, 0.29) is 16.8 Å². The monoisotopic (exact) mass is 387 g/mol.